The van der Waals surface area contributed by atoms with Crippen LogP contribution in [0.15, 0.2) is 57.5 Å². The van der Waals surface area contributed by atoms with Crippen LogP contribution in [0.5, 0.6) is 0 Å². The quantitative estimate of drug-likeness (QED) is 0.398. The van der Waals surface area contributed by atoms with Gasteiger partial charge in [0.15, 0.2) is 11.6 Å². The van der Waals surface area contributed by atoms with E-state index in [0.717, 1.165) is 19.7 Å². The Balaban J connectivity index is 2.06. The van der Waals surface area contributed by atoms with Gasteiger partial charge in [-0.15, -0.1) is 0 Å². The van der Waals surface area contributed by atoms with Crippen LogP contribution in [-0.4, -0.2) is 11.6 Å². The van der Waals surface area contributed by atoms with Gasteiger partial charge in [-0.25, -0.2) is 0 Å². The molecule has 0 N–H and O–H groups in total. The highest BCUT2D eigenvalue weighted by Gasteiger charge is 2.29. The molecular formula is C18H8Br2O2. The highest BCUT2D eigenvalue weighted by Crippen LogP contribution is 2.34. The second-order valence-electron chi connectivity index (χ2n) is 5.22. The molecule has 106 valence electrons. The molecule has 0 aromatic heterocycles. The SMILES string of the molecule is O=C1c2ccccc2C(=O)c2cc3cc(Br)c(Br)cc3cc21. The van der Waals surface area contributed by atoms with Gasteiger partial charge in [-0.2, -0.15) is 0 Å². The van der Waals surface area contributed by atoms with Crippen molar-refractivity contribution in [2.45, 2.75) is 0 Å². The first kappa shape index (κ1) is 13.9. The third-order valence-electron chi connectivity index (χ3n) is 3.92. The monoisotopic (exact) mass is 414 g/mol. The number of hydrogen-bond acceptors (Lipinski definition) is 2. The number of carbonyl (C=O) groups excluding carboxylic acids is 2. The molecule has 0 radical (unpaired) electrons. The molecule has 0 unspecified atom stereocenters. The third-order valence-corrected chi connectivity index (χ3v) is 5.77. The number of rotatable bonds is 0. The molecule has 4 rings (SSSR count). The van der Waals surface area contributed by atoms with E-state index in [0.29, 0.717) is 22.3 Å². The summed E-state index contributed by atoms with van der Waals surface area (Å²) in [6.07, 6.45) is 0. The second-order valence-corrected chi connectivity index (χ2v) is 6.92. The van der Waals surface area contributed by atoms with Gasteiger partial charge in [0.25, 0.3) is 0 Å². The predicted octanol–water partition coefficient (Wildman–Crippen LogP) is 5.14. The Morgan fingerprint density at radius 1 is 0.591 bits per heavy atom. The summed E-state index contributed by atoms with van der Waals surface area (Å²) < 4.78 is 1.82. The van der Waals surface area contributed by atoms with Gasteiger partial charge in [0.1, 0.15) is 0 Å². The summed E-state index contributed by atoms with van der Waals surface area (Å²) >= 11 is 6.93. The van der Waals surface area contributed by atoms with Crippen LogP contribution in [-0.2, 0) is 0 Å². The standard InChI is InChI=1S/C18H8Br2O2/c19-15-7-9-5-13-14(6-10(9)8-16(15)20)18(22)12-4-2-1-3-11(12)17(13)21/h1-8H. The zero-order valence-electron chi connectivity index (χ0n) is 11.2. The van der Waals surface area contributed by atoms with Gasteiger partial charge >= 0.3 is 0 Å². The van der Waals surface area contributed by atoms with Crippen molar-refractivity contribution >= 4 is 54.2 Å². The number of fused-ring (bicyclic) bond motifs is 3. The Morgan fingerprint density at radius 2 is 1.00 bits per heavy atom. The van der Waals surface area contributed by atoms with Crippen LogP contribution in [0.25, 0.3) is 10.8 Å². The van der Waals surface area contributed by atoms with Crippen molar-refractivity contribution in [2.75, 3.05) is 0 Å². The molecule has 0 amide bonds. The Kier molecular flexibility index (Phi) is 3.06. The minimum Gasteiger partial charge on any atom is -0.289 e. The molecule has 1 aliphatic rings. The lowest BCUT2D eigenvalue weighted by Crippen LogP contribution is -2.20. The molecule has 22 heavy (non-hydrogen) atoms. The average Bonchev–Trinajstić information content (AvgIpc) is 2.53. The highest BCUT2D eigenvalue weighted by molar-refractivity contribution is 9.13. The molecule has 0 saturated heterocycles. The molecule has 0 fully saturated rings. The number of hydrogen-bond donors (Lipinski definition) is 0. The van der Waals surface area contributed by atoms with Crippen molar-refractivity contribution in [3.05, 3.63) is 79.7 Å². The lowest BCUT2D eigenvalue weighted by atomic mass is 9.83. The average molecular weight is 416 g/mol. The highest BCUT2D eigenvalue weighted by atomic mass is 79.9. The molecule has 4 heteroatoms. The maximum absolute atomic E-state index is 12.7. The molecule has 2 nitrogen and oxygen atoms in total. The second kappa shape index (κ2) is 4.86. The van der Waals surface area contributed by atoms with Crippen molar-refractivity contribution in [1.82, 2.24) is 0 Å². The minimum atomic E-state index is -0.0915. The fourth-order valence-corrected chi connectivity index (χ4v) is 3.56. The molecular weight excluding hydrogens is 408 g/mol. The van der Waals surface area contributed by atoms with E-state index >= 15 is 0 Å². The Bertz CT molecular complexity index is 910. The summed E-state index contributed by atoms with van der Waals surface area (Å²) in [6, 6.07) is 14.5. The topological polar surface area (TPSA) is 34.1 Å². The molecule has 0 atom stereocenters. The minimum absolute atomic E-state index is 0.0915. The predicted molar refractivity (Wildman–Crippen MR) is 92.7 cm³/mol. The van der Waals surface area contributed by atoms with Crippen LogP contribution < -0.4 is 0 Å². The van der Waals surface area contributed by atoms with Gasteiger partial charge in [0.2, 0.25) is 0 Å². The smallest absolute Gasteiger partial charge is 0.194 e. The van der Waals surface area contributed by atoms with Crippen molar-refractivity contribution < 1.29 is 9.59 Å². The molecule has 0 bridgehead atoms. The van der Waals surface area contributed by atoms with Gasteiger partial charge in [-0.1, -0.05) is 24.3 Å². The molecule has 0 heterocycles. The van der Waals surface area contributed by atoms with E-state index in [-0.39, 0.29) is 11.6 Å². The maximum Gasteiger partial charge on any atom is 0.194 e. The van der Waals surface area contributed by atoms with Crippen LogP contribution in [0.2, 0.25) is 0 Å². The molecule has 0 spiro atoms. The zero-order valence-corrected chi connectivity index (χ0v) is 14.4. The lowest BCUT2D eigenvalue weighted by molar-refractivity contribution is 0.0979. The zero-order chi connectivity index (χ0) is 15.4. The van der Waals surface area contributed by atoms with Crippen molar-refractivity contribution in [3.8, 4) is 0 Å². The van der Waals surface area contributed by atoms with Gasteiger partial charge in [0, 0.05) is 31.2 Å². The summed E-state index contributed by atoms with van der Waals surface area (Å²) in [7, 11) is 0. The fourth-order valence-electron chi connectivity index (χ4n) is 2.84. The van der Waals surface area contributed by atoms with E-state index in [1.54, 1.807) is 36.4 Å². The van der Waals surface area contributed by atoms with Crippen molar-refractivity contribution in [1.29, 1.82) is 0 Å². The third kappa shape index (κ3) is 1.91. The number of carbonyl (C=O) groups is 2. The van der Waals surface area contributed by atoms with Gasteiger partial charge in [-0.3, -0.25) is 9.59 Å². The molecule has 0 aliphatic heterocycles. The normalized spacial score (nSPS) is 13.2. The molecule has 3 aromatic carbocycles. The van der Waals surface area contributed by atoms with Crippen molar-refractivity contribution in [2.24, 2.45) is 0 Å². The van der Waals surface area contributed by atoms with Gasteiger partial charge < -0.3 is 0 Å². The van der Waals surface area contributed by atoms with Crippen molar-refractivity contribution in [3.63, 3.8) is 0 Å². The first-order valence-electron chi connectivity index (χ1n) is 6.67. The largest absolute Gasteiger partial charge is 0.289 e. The Morgan fingerprint density at radius 3 is 1.41 bits per heavy atom. The first-order valence-corrected chi connectivity index (χ1v) is 8.26. The van der Waals surface area contributed by atoms with E-state index in [1.165, 1.54) is 0 Å². The van der Waals surface area contributed by atoms with E-state index < -0.39 is 0 Å². The summed E-state index contributed by atoms with van der Waals surface area (Å²) in [5.41, 5.74) is 1.92. The van der Waals surface area contributed by atoms with E-state index in [4.69, 9.17) is 0 Å². The maximum atomic E-state index is 12.7. The number of ketones is 2. The van der Waals surface area contributed by atoms with Gasteiger partial charge in [-0.05, 0) is 66.9 Å². The first-order chi connectivity index (χ1) is 10.6. The van der Waals surface area contributed by atoms with E-state index in [2.05, 4.69) is 31.9 Å². The van der Waals surface area contributed by atoms with E-state index in [1.807, 2.05) is 12.1 Å². The van der Waals surface area contributed by atoms with E-state index in [9.17, 15) is 9.59 Å². The molecule has 3 aromatic rings. The summed E-state index contributed by atoms with van der Waals surface area (Å²) in [6.45, 7) is 0. The van der Waals surface area contributed by atoms with Crippen LogP contribution >= 0.6 is 31.9 Å². The van der Waals surface area contributed by atoms with Crippen LogP contribution in [0.1, 0.15) is 31.8 Å². The fraction of sp³-hybridized carbons (Fsp3) is 0. The lowest BCUT2D eigenvalue weighted by Gasteiger charge is -2.18. The Labute approximate surface area is 143 Å². The Hall–Kier alpha value is -1.78. The molecule has 0 saturated carbocycles. The van der Waals surface area contributed by atoms with Crippen LogP contribution in [0.3, 0.4) is 0 Å². The van der Waals surface area contributed by atoms with Crippen LogP contribution in [0.4, 0.5) is 0 Å². The number of halogens is 2. The van der Waals surface area contributed by atoms with Gasteiger partial charge in [0.05, 0.1) is 0 Å². The number of benzene rings is 3. The summed E-state index contributed by atoms with van der Waals surface area (Å²) in [5.74, 6) is -0.183. The van der Waals surface area contributed by atoms with Crippen LogP contribution in [0, 0.1) is 0 Å². The summed E-state index contributed by atoms with van der Waals surface area (Å²) in [4.78, 5) is 25.4. The molecule has 1 aliphatic carbocycles. The summed E-state index contributed by atoms with van der Waals surface area (Å²) in [5, 5.41) is 1.85.